The standard InChI is InChI=1S/C22H27ClFN/c1-22(2,3)10-11-25-15-17-6-9-20(24)13-18(17)14-21(25)12-16-4-7-19(23)8-5-16/h4-9,13,21H,10-12,14-15H2,1-3H3. The average Bonchev–Trinajstić information content (AvgIpc) is 2.54. The second-order valence-corrected chi connectivity index (χ2v) is 8.82. The zero-order valence-corrected chi connectivity index (χ0v) is 16.1. The van der Waals surface area contributed by atoms with Crippen LogP contribution in [-0.4, -0.2) is 17.5 Å². The van der Waals surface area contributed by atoms with Gasteiger partial charge < -0.3 is 0 Å². The minimum absolute atomic E-state index is 0.132. The molecule has 0 aromatic heterocycles. The molecular weight excluding hydrogens is 333 g/mol. The van der Waals surface area contributed by atoms with Crippen LogP contribution < -0.4 is 0 Å². The van der Waals surface area contributed by atoms with Crippen molar-refractivity contribution in [2.45, 2.75) is 52.6 Å². The summed E-state index contributed by atoms with van der Waals surface area (Å²) in [5, 5.41) is 0.768. The third-order valence-electron chi connectivity index (χ3n) is 5.05. The van der Waals surface area contributed by atoms with Gasteiger partial charge in [0.15, 0.2) is 0 Å². The van der Waals surface area contributed by atoms with Crippen LogP contribution >= 0.6 is 11.6 Å². The molecule has 0 amide bonds. The number of halogens is 2. The summed E-state index contributed by atoms with van der Waals surface area (Å²) in [5.74, 6) is -0.132. The minimum atomic E-state index is -0.132. The molecule has 0 fully saturated rings. The summed E-state index contributed by atoms with van der Waals surface area (Å²) in [6.07, 6.45) is 3.03. The third-order valence-corrected chi connectivity index (χ3v) is 5.30. The van der Waals surface area contributed by atoms with Gasteiger partial charge >= 0.3 is 0 Å². The highest BCUT2D eigenvalue weighted by molar-refractivity contribution is 6.30. The molecule has 1 aliphatic rings. The van der Waals surface area contributed by atoms with Crippen molar-refractivity contribution >= 4 is 11.6 Å². The molecule has 1 heterocycles. The first-order chi connectivity index (χ1) is 11.8. The number of fused-ring (bicyclic) bond motifs is 1. The second-order valence-electron chi connectivity index (χ2n) is 8.38. The lowest BCUT2D eigenvalue weighted by Crippen LogP contribution is -2.43. The average molecular weight is 360 g/mol. The van der Waals surface area contributed by atoms with E-state index in [0.717, 1.165) is 42.9 Å². The third kappa shape index (κ3) is 5.05. The van der Waals surface area contributed by atoms with Crippen molar-refractivity contribution in [3.8, 4) is 0 Å². The van der Waals surface area contributed by atoms with E-state index in [1.54, 1.807) is 12.1 Å². The molecule has 1 nitrogen and oxygen atoms in total. The lowest BCUT2D eigenvalue weighted by molar-refractivity contribution is 0.147. The number of benzene rings is 2. The molecule has 0 bridgehead atoms. The van der Waals surface area contributed by atoms with Crippen molar-refractivity contribution in [3.63, 3.8) is 0 Å². The molecule has 2 aromatic rings. The normalized spacial score (nSPS) is 18.2. The monoisotopic (exact) mass is 359 g/mol. The molecule has 0 spiro atoms. The maximum Gasteiger partial charge on any atom is 0.123 e. The predicted molar refractivity (Wildman–Crippen MR) is 104 cm³/mol. The van der Waals surface area contributed by atoms with Crippen molar-refractivity contribution in [1.82, 2.24) is 4.90 Å². The highest BCUT2D eigenvalue weighted by atomic mass is 35.5. The van der Waals surface area contributed by atoms with Crippen LogP contribution in [0.25, 0.3) is 0 Å². The quantitative estimate of drug-likeness (QED) is 0.658. The fourth-order valence-electron chi connectivity index (χ4n) is 3.50. The molecule has 0 N–H and O–H groups in total. The van der Waals surface area contributed by atoms with Gasteiger partial charge in [0.2, 0.25) is 0 Å². The van der Waals surface area contributed by atoms with Crippen LogP contribution in [0.15, 0.2) is 42.5 Å². The molecule has 25 heavy (non-hydrogen) atoms. The number of rotatable bonds is 4. The highest BCUT2D eigenvalue weighted by Crippen LogP contribution is 2.29. The number of hydrogen-bond donors (Lipinski definition) is 0. The molecule has 1 unspecified atom stereocenters. The summed E-state index contributed by atoms with van der Waals surface area (Å²) >= 11 is 6.02. The lowest BCUT2D eigenvalue weighted by atomic mass is 9.87. The molecule has 1 atom stereocenters. The summed E-state index contributed by atoms with van der Waals surface area (Å²) < 4.78 is 13.7. The smallest absolute Gasteiger partial charge is 0.123 e. The minimum Gasteiger partial charge on any atom is -0.295 e. The van der Waals surface area contributed by atoms with E-state index in [1.807, 2.05) is 18.2 Å². The Kier molecular flexibility index (Phi) is 5.50. The Bertz CT molecular complexity index is 718. The van der Waals surface area contributed by atoms with Crippen molar-refractivity contribution in [2.75, 3.05) is 6.54 Å². The first-order valence-corrected chi connectivity index (χ1v) is 9.44. The fraction of sp³-hybridized carbons (Fsp3) is 0.455. The molecular formula is C22H27ClFN. The van der Waals surface area contributed by atoms with Crippen molar-refractivity contribution in [2.24, 2.45) is 5.41 Å². The molecule has 3 rings (SSSR count). The topological polar surface area (TPSA) is 3.24 Å². The van der Waals surface area contributed by atoms with Crippen LogP contribution in [0.1, 0.15) is 43.9 Å². The van der Waals surface area contributed by atoms with Crippen LogP contribution in [0.2, 0.25) is 5.02 Å². The van der Waals surface area contributed by atoms with E-state index >= 15 is 0 Å². The Balaban J connectivity index is 1.81. The molecule has 0 aliphatic carbocycles. The SMILES string of the molecule is CC(C)(C)CCN1Cc2ccc(F)cc2CC1Cc1ccc(Cl)cc1. The predicted octanol–water partition coefficient (Wildman–Crippen LogP) is 5.88. The van der Waals surface area contributed by atoms with Crippen molar-refractivity contribution in [3.05, 3.63) is 70.0 Å². The summed E-state index contributed by atoms with van der Waals surface area (Å²) in [5.41, 5.74) is 4.03. The zero-order valence-electron chi connectivity index (χ0n) is 15.4. The van der Waals surface area contributed by atoms with E-state index < -0.39 is 0 Å². The summed E-state index contributed by atoms with van der Waals surface area (Å²) in [7, 11) is 0. The van der Waals surface area contributed by atoms with Gasteiger partial charge in [-0.05, 0) is 72.2 Å². The van der Waals surface area contributed by atoms with E-state index in [9.17, 15) is 4.39 Å². The van der Waals surface area contributed by atoms with Crippen LogP contribution in [0.5, 0.6) is 0 Å². The van der Waals surface area contributed by atoms with E-state index in [1.165, 1.54) is 11.1 Å². The molecule has 134 valence electrons. The molecule has 0 radical (unpaired) electrons. The van der Waals surface area contributed by atoms with Crippen LogP contribution in [0.3, 0.4) is 0 Å². The van der Waals surface area contributed by atoms with Crippen LogP contribution in [0.4, 0.5) is 4.39 Å². The van der Waals surface area contributed by atoms with Gasteiger partial charge in [0, 0.05) is 17.6 Å². The van der Waals surface area contributed by atoms with Crippen LogP contribution in [0, 0.1) is 11.2 Å². The van der Waals surface area contributed by atoms with Gasteiger partial charge in [-0.25, -0.2) is 4.39 Å². The van der Waals surface area contributed by atoms with E-state index in [2.05, 4.69) is 37.8 Å². The Morgan fingerprint density at radius 2 is 1.80 bits per heavy atom. The fourth-order valence-corrected chi connectivity index (χ4v) is 3.63. The summed E-state index contributed by atoms with van der Waals surface area (Å²) in [6.45, 7) is 8.83. The largest absolute Gasteiger partial charge is 0.295 e. The maximum atomic E-state index is 13.7. The maximum absolute atomic E-state index is 13.7. The molecule has 0 saturated heterocycles. The number of nitrogens with zero attached hydrogens (tertiary/aromatic N) is 1. The van der Waals surface area contributed by atoms with Gasteiger partial charge in [0.25, 0.3) is 0 Å². The van der Waals surface area contributed by atoms with Crippen molar-refractivity contribution < 1.29 is 4.39 Å². The van der Waals surface area contributed by atoms with Gasteiger partial charge in [-0.15, -0.1) is 0 Å². The van der Waals surface area contributed by atoms with Crippen molar-refractivity contribution in [1.29, 1.82) is 0 Å². The van der Waals surface area contributed by atoms with Gasteiger partial charge in [-0.1, -0.05) is 50.6 Å². The van der Waals surface area contributed by atoms with Crippen LogP contribution in [-0.2, 0) is 19.4 Å². The van der Waals surface area contributed by atoms with E-state index in [0.29, 0.717) is 11.5 Å². The summed E-state index contributed by atoms with van der Waals surface area (Å²) in [4.78, 5) is 2.57. The zero-order chi connectivity index (χ0) is 18.0. The van der Waals surface area contributed by atoms with Gasteiger partial charge in [-0.2, -0.15) is 0 Å². The second kappa shape index (κ2) is 7.47. The Hall–Kier alpha value is -1.38. The molecule has 3 heteroatoms. The Labute approximate surface area is 155 Å². The summed E-state index contributed by atoms with van der Waals surface area (Å²) in [6, 6.07) is 13.8. The van der Waals surface area contributed by atoms with Gasteiger partial charge in [0.05, 0.1) is 0 Å². The number of hydrogen-bond acceptors (Lipinski definition) is 1. The Morgan fingerprint density at radius 1 is 1.08 bits per heavy atom. The first kappa shape index (κ1) is 18.4. The van der Waals surface area contributed by atoms with Gasteiger partial charge in [-0.3, -0.25) is 4.90 Å². The highest BCUT2D eigenvalue weighted by Gasteiger charge is 2.27. The van der Waals surface area contributed by atoms with Gasteiger partial charge in [0.1, 0.15) is 5.82 Å². The van der Waals surface area contributed by atoms with E-state index in [4.69, 9.17) is 11.6 Å². The lowest BCUT2D eigenvalue weighted by Gasteiger charge is -2.38. The van der Waals surface area contributed by atoms with E-state index in [-0.39, 0.29) is 5.82 Å². The Morgan fingerprint density at radius 3 is 2.48 bits per heavy atom. The molecule has 1 aliphatic heterocycles. The molecule has 2 aromatic carbocycles. The first-order valence-electron chi connectivity index (χ1n) is 9.06. The molecule has 0 saturated carbocycles.